The molecule has 1 amide bonds. The van der Waals surface area contributed by atoms with Crippen molar-refractivity contribution in [1.29, 1.82) is 0 Å². The molecule has 3 aromatic heterocycles. The smallest absolute Gasteiger partial charge is 0.255 e. The van der Waals surface area contributed by atoms with E-state index in [9.17, 15) is 4.79 Å². The van der Waals surface area contributed by atoms with Gasteiger partial charge in [0, 0.05) is 25.2 Å². The summed E-state index contributed by atoms with van der Waals surface area (Å²) in [7, 11) is 1.74. The minimum atomic E-state index is -0.127. The third kappa shape index (κ3) is 3.09. The van der Waals surface area contributed by atoms with Crippen LogP contribution in [0.4, 0.5) is 0 Å². The molecule has 0 spiro atoms. The fraction of sp³-hybridized carbons (Fsp3) is 0.526. The van der Waals surface area contributed by atoms with Crippen LogP contribution in [0, 0.1) is 0 Å². The first-order chi connectivity index (χ1) is 13.2. The number of carbonyl (C=O) groups excluding carboxylic acids is 1. The lowest BCUT2D eigenvalue weighted by atomic mass is 10.1. The summed E-state index contributed by atoms with van der Waals surface area (Å²) in [5.41, 5.74) is 2.12. The van der Waals surface area contributed by atoms with Gasteiger partial charge >= 0.3 is 0 Å². The van der Waals surface area contributed by atoms with Crippen LogP contribution in [0.3, 0.4) is 0 Å². The molecule has 0 N–H and O–H groups in total. The van der Waals surface area contributed by atoms with Gasteiger partial charge in [-0.15, -0.1) is 0 Å². The fourth-order valence-electron chi connectivity index (χ4n) is 3.83. The fourth-order valence-corrected chi connectivity index (χ4v) is 3.83. The number of hydrogen-bond donors (Lipinski definition) is 0. The second kappa shape index (κ2) is 6.44. The number of hydrogen-bond acceptors (Lipinski definition) is 6. The number of carbonyl (C=O) groups is 1. The van der Waals surface area contributed by atoms with Gasteiger partial charge in [0.2, 0.25) is 5.89 Å². The van der Waals surface area contributed by atoms with Gasteiger partial charge in [-0.1, -0.05) is 18.0 Å². The highest BCUT2D eigenvalue weighted by Gasteiger charge is 2.26. The molecule has 0 radical (unpaired) electrons. The van der Waals surface area contributed by atoms with Crippen molar-refractivity contribution in [1.82, 2.24) is 29.6 Å². The maximum absolute atomic E-state index is 12.8. The maximum atomic E-state index is 12.8. The molecule has 0 aromatic carbocycles. The van der Waals surface area contributed by atoms with E-state index in [0.717, 1.165) is 24.0 Å². The highest BCUT2D eigenvalue weighted by atomic mass is 16.5. The van der Waals surface area contributed by atoms with Crippen molar-refractivity contribution in [3.05, 3.63) is 35.9 Å². The van der Waals surface area contributed by atoms with Gasteiger partial charge in [0.15, 0.2) is 11.5 Å². The van der Waals surface area contributed by atoms with Crippen molar-refractivity contribution < 1.29 is 9.32 Å². The van der Waals surface area contributed by atoms with E-state index in [-0.39, 0.29) is 5.91 Å². The molecule has 140 valence electrons. The molecule has 8 heteroatoms. The first kappa shape index (κ1) is 16.4. The Hall–Kier alpha value is -2.77. The Morgan fingerprint density at radius 3 is 2.85 bits per heavy atom. The molecule has 0 unspecified atom stereocenters. The molecule has 8 nitrogen and oxygen atoms in total. The molecule has 27 heavy (non-hydrogen) atoms. The molecule has 0 saturated heterocycles. The SMILES string of the molecule is CN(Cc1noc(C2CCCC2)n1)C(=O)c1cnc2c(c1)ncn2C1CC1. The Labute approximate surface area is 156 Å². The molecule has 2 saturated carbocycles. The molecule has 5 rings (SSSR count). The molecule has 2 fully saturated rings. The average molecular weight is 366 g/mol. The second-order valence-corrected chi connectivity index (χ2v) is 7.64. The molecule has 2 aliphatic rings. The van der Waals surface area contributed by atoms with E-state index < -0.39 is 0 Å². The van der Waals surface area contributed by atoms with Crippen LogP contribution in [0.15, 0.2) is 23.1 Å². The number of aromatic nitrogens is 5. The van der Waals surface area contributed by atoms with Crippen LogP contribution in [-0.4, -0.2) is 42.5 Å². The van der Waals surface area contributed by atoms with Crippen molar-refractivity contribution in [2.75, 3.05) is 7.05 Å². The topological polar surface area (TPSA) is 89.9 Å². The van der Waals surface area contributed by atoms with Crippen molar-refractivity contribution in [3.63, 3.8) is 0 Å². The van der Waals surface area contributed by atoms with Crippen LogP contribution < -0.4 is 0 Å². The van der Waals surface area contributed by atoms with E-state index in [1.165, 1.54) is 25.7 Å². The summed E-state index contributed by atoms with van der Waals surface area (Å²) in [6.45, 7) is 0.309. The van der Waals surface area contributed by atoms with Gasteiger partial charge in [-0.3, -0.25) is 4.79 Å². The Kier molecular flexibility index (Phi) is 3.91. The van der Waals surface area contributed by atoms with Crippen LogP contribution in [0.5, 0.6) is 0 Å². The van der Waals surface area contributed by atoms with Crippen molar-refractivity contribution >= 4 is 17.1 Å². The molecule has 0 atom stereocenters. The van der Waals surface area contributed by atoms with Crippen molar-refractivity contribution in [3.8, 4) is 0 Å². The van der Waals surface area contributed by atoms with Crippen molar-refractivity contribution in [2.45, 2.75) is 57.0 Å². The van der Waals surface area contributed by atoms with Gasteiger partial charge in [0.25, 0.3) is 5.91 Å². The van der Waals surface area contributed by atoms with Crippen LogP contribution >= 0.6 is 0 Å². The first-order valence-corrected chi connectivity index (χ1v) is 9.59. The third-order valence-electron chi connectivity index (χ3n) is 5.51. The monoisotopic (exact) mass is 366 g/mol. The van der Waals surface area contributed by atoms with E-state index in [4.69, 9.17) is 4.52 Å². The quantitative estimate of drug-likeness (QED) is 0.689. The van der Waals surface area contributed by atoms with E-state index in [1.807, 2.05) is 6.33 Å². The second-order valence-electron chi connectivity index (χ2n) is 7.64. The van der Waals surface area contributed by atoms with Crippen LogP contribution in [-0.2, 0) is 6.54 Å². The van der Waals surface area contributed by atoms with E-state index in [1.54, 1.807) is 24.2 Å². The van der Waals surface area contributed by atoms with Gasteiger partial charge in [0.05, 0.1) is 18.4 Å². The maximum Gasteiger partial charge on any atom is 0.255 e. The number of imidazole rings is 1. The lowest BCUT2D eigenvalue weighted by Gasteiger charge is -2.14. The summed E-state index contributed by atoms with van der Waals surface area (Å²) in [5, 5.41) is 4.05. The van der Waals surface area contributed by atoms with Gasteiger partial charge in [0.1, 0.15) is 5.52 Å². The highest BCUT2D eigenvalue weighted by Crippen LogP contribution is 2.36. The standard InChI is InChI=1S/C19H22N6O2/c1-24(10-16-22-18(27-23-16)12-4-2-3-5-12)19(26)13-8-15-17(20-9-13)25(11-21-15)14-6-7-14/h8-9,11-12,14H,2-7,10H2,1H3. The number of fused-ring (bicyclic) bond motifs is 1. The largest absolute Gasteiger partial charge is 0.339 e. The van der Waals surface area contributed by atoms with Crippen LogP contribution in [0.1, 0.15) is 72.6 Å². The van der Waals surface area contributed by atoms with Gasteiger partial charge < -0.3 is 14.0 Å². The number of rotatable bonds is 5. The summed E-state index contributed by atoms with van der Waals surface area (Å²) in [4.78, 5) is 27.7. The van der Waals surface area contributed by atoms with Crippen LogP contribution in [0.2, 0.25) is 0 Å². The van der Waals surface area contributed by atoms with E-state index in [2.05, 4.69) is 24.7 Å². The Balaban J connectivity index is 1.30. The predicted molar refractivity (Wildman–Crippen MR) is 97.1 cm³/mol. The average Bonchev–Trinajstić information content (AvgIpc) is 3.09. The lowest BCUT2D eigenvalue weighted by Crippen LogP contribution is -2.26. The summed E-state index contributed by atoms with van der Waals surface area (Å²) < 4.78 is 7.49. The Morgan fingerprint density at radius 2 is 2.07 bits per heavy atom. The summed E-state index contributed by atoms with van der Waals surface area (Å²) >= 11 is 0. The number of amides is 1. The van der Waals surface area contributed by atoms with Crippen molar-refractivity contribution in [2.24, 2.45) is 0 Å². The molecular formula is C19H22N6O2. The zero-order chi connectivity index (χ0) is 18.4. The molecule has 3 heterocycles. The number of nitrogens with zero attached hydrogens (tertiary/aromatic N) is 6. The first-order valence-electron chi connectivity index (χ1n) is 9.59. The normalized spacial score (nSPS) is 17.7. The predicted octanol–water partition coefficient (Wildman–Crippen LogP) is 3.08. The zero-order valence-electron chi connectivity index (χ0n) is 15.3. The van der Waals surface area contributed by atoms with Gasteiger partial charge in [-0.25, -0.2) is 9.97 Å². The Morgan fingerprint density at radius 1 is 1.26 bits per heavy atom. The van der Waals surface area contributed by atoms with E-state index in [0.29, 0.717) is 35.8 Å². The summed E-state index contributed by atoms with van der Waals surface area (Å²) in [5.74, 6) is 1.50. The highest BCUT2D eigenvalue weighted by molar-refractivity contribution is 5.96. The van der Waals surface area contributed by atoms with E-state index >= 15 is 0 Å². The van der Waals surface area contributed by atoms with Gasteiger partial charge in [-0.2, -0.15) is 4.98 Å². The minimum Gasteiger partial charge on any atom is -0.339 e. The summed E-state index contributed by atoms with van der Waals surface area (Å²) in [6.07, 6.45) is 10.4. The number of pyridine rings is 1. The van der Waals surface area contributed by atoms with Crippen LogP contribution in [0.25, 0.3) is 11.2 Å². The summed E-state index contributed by atoms with van der Waals surface area (Å²) in [6, 6.07) is 2.32. The zero-order valence-corrected chi connectivity index (χ0v) is 15.3. The molecule has 3 aromatic rings. The molecular weight excluding hydrogens is 344 g/mol. The molecule has 0 bridgehead atoms. The van der Waals surface area contributed by atoms with Gasteiger partial charge in [-0.05, 0) is 31.7 Å². The third-order valence-corrected chi connectivity index (χ3v) is 5.51. The lowest BCUT2D eigenvalue weighted by molar-refractivity contribution is 0.0780. The Bertz CT molecular complexity index is 983. The minimum absolute atomic E-state index is 0.127. The molecule has 0 aliphatic heterocycles. The molecule has 2 aliphatic carbocycles.